The average molecular weight is 485 g/mol. The smallest absolute Gasteiger partial charge is 0.322 e. The maximum atomic E-state index is 13.9. The molecule has 0 unspecified atom stereocenters. The highest BCUT2D eigenvalue weighted by Gasteiger charge is 2.25. The number of rotatable bonds is 3. The number of nitrogen functional groups attached to an aromatic ring is 1. The molecule has 8 nitrogen and oxygen atoms in total. The second kappa shape index (κ2) is 8.78. The first-order valence-corrected chi connectivity index (χ1v) is 11.1. The molecule has 12 heteroatoms. The van der Waals surface area contributed by atoms with Crippen LogP contribution in [-0.4, -0.2) is 52.1 Å². The molecule has 5 rings (SSSR count). The molecule has 0 radical (unpaired) electrons. The molecule has 1 aliphatic heterocycles. The lowest BCUT2D eigenvalue weighted by molar-refractivity contribution is 0.208. The molecule has 174 valence electrons. The molecule has 3 heterocycles. The number of halogens is 3. The fourth-order valence-electron chi connectivity index (χ4n) is 3.67. The molecule has 0 spiro atoms. The third-order valence-electron chi connectivity index (χ3n) is 5.39. The van der Waals surface area contributed by atoms with Crippen LogP contribution in [0.1, 0.15) is 0 Å². The van der Waals surface area contributed by atoms with Crippen LogP contribution in [0, 0.1) is 17.5 Å². The monoisotopic (exact) mass is 485 g/mol. The van der Waals surface area contributed by atoms with Gasteiger partial charge in [-0.05, 0) is 36.4 Å². The number of nitrogens with zero attached hydrogens (tertiary/aromatic N) is 5. The number of carbonyl (C=O) groups excluding carboxylic acids is 1. The summed E-state index contributed by atoms with van der Waals surface area (Å²) in [4.78, 5) is 30.0. The molecule has 1 aliphatic rings. The van der Waals surface area contributed by atoms with Crippen LogP contribution in [-0.2, 0) is 0 Å². The van der Waals surface area contributed by atoms with E-state index in [1.807, 2.05) is 4.90 Å². The number of hydrogen-bond donors (Lipinski definition) is 2. The molecule has 0 bridgehead atoms. The van der Waals surface area contributed by atoms with Crippen molar-refractivity contribution in [2.75, 3.05) is 42.1 Å². The van der Waals surface area contributed by atoms with E-state index >= 15 is 0 Å². The zero-order valence-electron chi connectivity index (χ0n) is 17.6. The van der Waals surface area contributed by atoms with Gasteiger partial charge in [0, 0.05) is 37.8 Å². The maximum Gasteiger partial charge on any atom is 0.322 e. The zero-order chi connectivity index (χ0) is 23.8. The standard InChI is InChI=1S/C22H18F3N7OS/c23-13-3-1-12(2-4-13)19-28-17-18(29-21(26)30-20(17)34-19)31-7-9-32(10-8-31)22(33)27-16-6-5-14(24)11-15(16)25/h1-6,11H,7-10H2,(H,27,33)(H2,26,29,30). The summed E-state index contributed by atoms with van der Waals surface area (Å²) in [7, 11) is 0. The van der Waals surface area contributed by atoms with Crippen LogP contribution in [0.25, 0.3) is 20.9 Å². The Morgan fingerprint density at radius 1 is 0.941 bits per heavy atom. The lowest BCUT2D eigenvalue weighted by Crippen LogP contribution is -2.50. The van der Waals surface area contributed by atoms with Crippen molar-refractivity contribution < 1.29 is 18.0 Å². The van der Waals surface area contributed by atoms with Crippen molar-refractivity contribution in [3.05, 3.63) is 59.9 Å². The van der Waals surface area contributed by atoms with Gasteiger partial charge in [-0.15, -0.1) is 0 Å². The summed E-state index contributed by atoms with van der Waals surface area (Å²) in [5, 5.41) is 3.13. The van der Waals surface area contributed by atoms with E-state index in [9.17, 15) is 18.0 Å². The Morgan fingerprint density at radius 2 is 1.65 bits per heavy atom. The van der Waals surface area contributed by atoms with Crippen LogP contribution in [0.15, 0.2) is 42.5 Å². The number of fused-ring (bicyclic) bond motifs is 1. The first-order chi connectivity index (χ1) is 16.4. The normalized spacial score (nSPS) is 14.0. The fraction of sp³-hybridized carbons (Fsp3) is 0.182. The summed E-state index contributed by atoms with van der Waals surface area (Å²) < 4.78 is 40.2. The van der Waals surface area contributed by atoms with Gasteiger partial charge >= 0.3 is 6.03 Å². The molecule has 34 heavy (non-hydrogen) atoms. The number of urea groups is 1. The Kier molecular flexibility index (Phi) is 5.65. The summed E-state index contributed by atoms with van der Waals surface area (Å²) in [6.07, 6.45) is 0. The van der Waals surface area contributed by atoms with Gasteiger partial charge in [0.15, 0.2) is 10.6 Å². The van der Waals surface area contributed by atoms with Gasteiger partial charge in [0.1, 0.15) is 28.0 Å². The van der Waals surface area contributed by atoms with Gasteiger partial charge in [0.25, 0.3) is 0 Å². The molecule has 0 aliphatic carbocycles. The SMILES string of the molecule is Nc1nc(N2CCN(C(=O)Nc3ccc(F)cc3F)CC2)c2nc(-c3ccc(F)cc3)sc2n1. The number of nitrogens with two attached hydrogens (primary N) is 1. The summed E-state index contributed by atoms with van der Waals surface area (Å²) in [5.41, 5.74) is 7.17. The van der Waals surface area contributed by atoms with E-state index in [-0.39, 0.29) is 17.5 Å². The number of nitrogens with one attached hydrogen (secondary N) is 1. The van der Waals surface area contributed by atoms with Gasteiger partial charge < -0.3 is 20.9 Å². The lowest BCUT2D eigenvalue weighted by atomic mass is 10.2. The zero-order valence-corrected chi connectivity index (χ0v) is 18.5. The second-order valence-corrected chi connectivity index (χ2v) is 8.59. The third-order valence-corrected chi connectivity index (χ3v) is 6.39. The number of amides is 2. The summed E-state index contributed by atoms with van der Waals surface area (Å²) >= 11 is 1.33. The van der Waals surface area contributed by atoms with Crippen LogP contribution in [0.3, 0.4) is 0 Å². The van der Waals surface area contributed by atoms with Crippen molar-refractivity contribution in [1.29, 1.82) is 0 Å². The van der Waals surface area contributed by atoms with Crippen LogP contribution in [0.5, 0.6) is 0 Å². The van der Waals surface area contributed by atoms with Gasteiger partial charge in [0.05, 0.1) is 5.69 Å². The Hall–Kier alpha value is -3.93. The molecule has 2 amide bonds. The van der Waals surface area contributed by atoms with Gasteiger partial charge in [-0.3, -0.25) is 0 Å². The Labute approximate surface area is 195 Å². The summed E-state index contributed by atoms with van der Waals surface area (Å²) in [5.74, 6) is -1.24. The molecule has 4 aromatic rings. The third kappa shape index (κ3) is 4.31. The van der Waals surface area contributed by atoms with Crippen LogP contribution in [0.4, 0.5) is 35.4 Å². The first-order valence-electron chi connectivity index (χ1n) is 10.3. The van der Waals surface area contributed by atoms with Crippen molar-refractivity contribution in [2.24, 2.45) is 0 Å². The van der Waals surface area contributed by atoms with E-state index in [4.69, 9.17) is 5.73 Å². The van der Waals surface area contributed by atoms with Crippen molar-refractivity contribution in [2.45, 2.75) is 0 Å². The molecule has 3 N–H and O–H groups in total. The minimum Gasteiger partial charge on any atom is -0.368 e. The van der Waals surface area contributed by atoms with Crippen molar-refractivity contribution in [1.82, 2.24) is 19.9 Å². The predicted molar refractivity (Wildman–Crippen MR) is 124 cm³/mol. The highest BCUT2D eigenvalue weighted by molar-refractivity contribution is 7.21. The van der Waals surface area contributed by atoms with E-state index in [0.29, 0.717) is 53.4 Å². The van der Waals surface area contributed by atoms with Crippen LogP contribution < -0.4 is 16.0 Å². The number of benzene rings is 2. The van der Waals surface area contributed by atoms with E-state index in [0.717, 1.165) is 11.6 Å². The number of piperazine rings is 1. The molecule has 0 atom stereocenters. The predicted octanol–water partition coefficient (Wildman–Crippen LogP) is 4.11. The van der Waals surface area contributed by atoms with Gasteiger partial charge in [-0.25, -0.2) is 27.9 Å². The number of aromatic nitrogens is 3. The van der Waals surface area contributed by atoms with Crippen LogP contribution >= 0.6 is 11.3 Å². The van der Waals surface area contributed by atoms with Crippen LogP contribution in [0.2, 0.25) is 0 Å². The summed E-state index contributed by atoms with van der Waals surface area (Å²) in [6, 6.07) is 8.51. The second-order valence-electron chi connectivity index (χ2n) is 7.61. The van der Waals surface area contributed by atoms with E-state index in [1.165, 1.54) is 34.4 Å². The molecule has 2 aromatic carbocycles. The average Bonchev–Trinajstić information content (AvgIpc) is 3.25. The number of anilines is 3. The Morgan fingerprint density at radius 3 is 2.35 bits per heavy atom. The topological polar surface area (TPSA) is 100 Å². The number of hydrogen-bond acceptors (Lipinski definition) is 7. The molecule has 1 fully saturated rings. The van der Waals surface area contributed by atoms with Gasteiger partial charge in [-0.2, -0.15) is 4.98 Å². The highest BCUT2D eigenvalue weighted by Crippen LogP contribution is 2.34. The molecule has 1 saturated heterocycles. The van der Waals surface area contributed by atoms with Crippen molar-refractivity contribution >= 4 is 45.2 Å². The maximum absolute atomic E-state index is 13.9. The fourth-order valence-corrected chi connectivity index (χ4v) is 4.61. The van der Waals surface area contributed by atoms with E-state index in [1.54, 1.807) is 12.1 Å². The number of thiazole rings is 1. The van der Waals surface area contributed by atoms with Crippen molar-refractivity contribution in [3.8, 4) is 10.6 Å². The Balaban J connectivity index is 1.33. The molecule has 2 aromatic heterocycles. The molecular formula is C22H18F3N7OS. The molecular weight excluding hydrogens is 467 g/mol. The Bertz CT molecular complexity index is 1370. The molecule has 0 saturated carbocycles. The summed E-state index contributed by atoms with van der Waals surface area (Å²) in [6.45, 7) is 1.56. The van der Waals surface area contributed by atoms with Gasteiger partial charge in [-0.1, -0.05) is 11.3 Å². The largest absolute Gasteiger partial charge is 0.368 e. The first kappa shape index (κ1) is 21.9. The minimum atomic E-state index is -0.841. The lowest BCUT2D eigenvalue weighted by Gasteiger charge is -2.35. The van der Waals surface area contributed by atoms with E-state index < -0.39 is 17.7 Å². The highest BCUT2D eigenvalue weighted by atomic mass is 32.1. The minimum absolute atomic E-state index is 0.0880. The van der Waals surface area contributed by atoms with E-state index in [2.05, 4.69) is 20.3 Å². The van der Waals surface area contributed by atoms with Gasteiger partial charge in [0.2, 0.25) is 5.95 Å². The van der Waals surface area contributed by atoms with Crippen molar-refractivity contribution in [3.63, 3.8) is 0 Å². The quantitative estimate of drug-likeness (QED) is 0.453. The number of carbonyl (C=O) groups is 1.